The van der Waals surface area contributed by atoms with Crippen LogP contribution >= 0.6 is 0 Å². The van der Waals surface area contributed by atoms with E-state index >= 15 is 0 Å². The van der Waals surface area contributed by atoms with Gasteiger partial charge in [-0.25, -0.2) is 0 Å². The summed E-state index contributed by atoms with van der Waals surface area (Å²) in [4.78, 5) is 30.0. The predicted molar refractivity (Wildman–Crippen MR) is 171 cm³/mol. The monoisotopic (exact) mass is 604 g/mol. The summed E-state index contributed by atoms with van der Waals surface area (Å²) in [6.45, 7) is 7.29. The van der Waals surface area contributed by atoms with Crippen LogP contribution in [0.3, 0.4) is 0 Å². The summed E-state index contributed by atoms with van der Waals surface area (Å²) in [5.74, 6) is 6.49. The normalized spacial score (nSPS) is 25.8. The van der Waals surface area contributed by atoms with Crippen LogP contribution in [0.5, 0.6) is 17.2 Å². The van der Waals surface area contributed by atoms with Gasteiger partial charge < -0.3 is 19.5 Å². The quantitative estimate of drug-likeness (QED) is 0.248. The summed E-state index contributed by atoms with van der Waals surface area (Å²) in [6.07, 6.45) is 3.89. The van der Waals surface area contributed by atoms with Crippen LogP contribution in [0, 0.1) is 31.6 Å². The molecule has 2 heterocycles. The van der Waals surface area contributed by atoms with Crippen LogP contribution in [-0.4, -0.2) is 65.1 Å². The molecule has 1 N–H and O–H groups in total. The fourth-order valence-electron chi connectivity index (χ4n) is 8.66. The second kappa shape index (κ2) is 11.3. The van der Waals surface area contributed by atoms with Gasteiger partial charge in [0.05, 0.1) is 6.04 Å². The number of phenolic OH excluding ortho intramolecular Hbond substituents is 1. The van der Waals surface area contributed by atoms with Crippen molar-refractivity contribution >= 4 is 11.9 Å². The summed E-state index contributed by atoms with van der Waals surface area (Å²) in [6, 6.07) is 18.1. The van der Waals surface area contributed by atoms with Gasteiger partial charge in [0.25, 0.3) is 5.91 Å². The van der Waals surface area contributed by atoms with E-state index in [1.807, 2.05) is 38.2 Å². The molecule has 1 saturated carbocycles. The molecule has 232 valence electrons. The maximum Gasteiger partial charge on any atom is 0.308 e. The molecule has 7 heteroatoms. The smallest absolute Gasteiger partial charge is 0.308 e. The maximum atomic E-state index is 13.6. The lowest BCUT2D eigenvalue weighted by atomic mass is 9.50. The molecule has 2 aliphatic carbocycles. The minimum Gasteiger partial charge on any atom is -0.508 e. The van der Waals surface area contributed by atoms with Gasteiger partial charge in [-0.05, 0) is 87.2 Å². The maximum absolute atomic E-state index is 13.6. The number of aromatic hydroxyl groups is 1. The van der Waals surface area contributed by atoms with Crippen molar-refractivity contribution in [2.75, 3.05) is 20.1 Å². The van der Waals surface area contributed by atoms with E-state index in [-0.39, 0.29) is 41.5 Å². The lowest BCUT2D eigenvalue weighted by Crippen LogP contribution is -2.69. The number of rotatable bonds is 5. The van der Waals surface area contributed by atoms with Gasteiger partial charge in [0, 0.05) is 60.7 Å². The van der Waals surface area contributed by atoms with E-state index in [0.29, 0.717) is 12.2 Å². The van der Waals surface area contributed by atoms with Crippen molar-refractivity contribution in [3.05, 3.63) is 88.0 Å². The molecule has 0 aromatic heterocycles. The van der Waals surface area contributed by atoms with Crippen LogP contribution in [0.15, 0.2) is 54.6 Å². The topological polar surface area (TPSA) is 79.3 Å². The molecular formula is C38H40N2O5. The fraction of sp³-hybridized carbons (Fsp3) is 0.421. The Labute approximate surface area is 265 Å². The summed E-state index contributed by atoms with van der Waals surface area (Å²) in [5.41, 5.74) is 5.94. The Hall–Kier alpha value is -4.28. The third-order valence-corrected chi connectivity index (χ3v) is 10.9. The van der Waals surface area contributed by atoms with E-state index in [0.717, 1.165) is 61.0 Å². The zero-order chi connectivity index (χ0) is 31.5. The Morgan fingerprint density at radius 1 is 1.11 bits per heavy atom. The van der Waals surface area contributed by atoms with Gasteiger partial charge in [0.2, 0.25) is 0 Å². The number of likely N-dealkylation sites (N-methyl/N-ethyl adjacent to an activating group) is 1. The van der Waals surface area contributed by atoms with Crippen molar-refractivity contribution in [3.8, 4) is 29.1 Å². The standard InChI is InChI=1S/C38H40N2O5/c1-23-10-11-27(20-24(23)2)12-15-34(43)39(4)30-14-13-29-31-21-28-32(42)22-33(44-25(3)41)36-35(28)38(29,37(30)45-36)17-19-40(31)18-16-26-8-6-5-7-9-26/h5-11,20,22,29-31,37,42H,13-14,16-19,21H2,1-4H3/t29-,30-,31+,37-,38-/m0/s1. The van der Waals surface area contributed by atoms with Crippen molar-refractivity contribution in [1.29, 1.82) is 0 Å². The molecule has 2 fully saturated rings. The first-order valence-electron chi connectivity index (χ1n) is 16.1. The van der Waals surface area contributed by atoms with E-state index in [9.17, 15) is 14.7 Å². The minimum absolute atomic E-state index is 0.146. The van der Waals surface area contributed by atoms with Crippen LogP contribution in [0.4, 0.5) is 0 Å². The zero-order valence-electron chi connectivity index (χ0n) is 26.4. The fourth-order valence-corrected chi connectivity index (χ4v) is 8.66. The van der Waals surface area contributed by atoms with Crippen LogP contribution in [0.25, 0.3) is 0 Å². The third kappa shape index (κ3) is 4.87. The number of phenols is 1. The molecule has 2 bridgehead atoms. The highest BCUT2D eigenvalue weighted by atomic mass is 16.6. The van der Waals surface area contributed by atoms with Gasteiger partial charge >= 0.3 is 5.97 Å². The zero-order valence-corrected chi connectivity index (χ0v) is 26.4. The van der Waals surface area contributed by atoms with Gasteiger partial charge in [0.15, 0.2) is 11.5 Å². The second-order valence-corrected chi connectivity index (χ2v) is 13.3. The Morgan fingerprint density at radius 2 is 1.91 bits per heavy atom. The molecule has 1 amide bonds. The molecule has 0 radical (unpaired) electrons. The number of nitrogens with zero attached hydrogens (tertiary/aromatic N) is 2. The molecule has 3 aromatic carbocycles. The van der Waals surface area contributed by atoms with Gasteiger partial charge in [-0.1, -0.05) is 42.3 Å². The van der Waals surface area contributed by atoms with E-state index in [4.69, 9.17) is 9.47 Å². The molecule has 1 spiro atoms. The summed E-state index contributed by atoms with van der Waals surface area (Å²) in [5, 5.41) is 11.4. The van der Waals surface area contributed by atoms with Crippen molar-refractivity contribution < 1.29 is 24.2 Å². The predicted octanol–water partition coefficient (Wildman–Crippen LogP) is 5.09. The lowest BCUT2D eigenvalue weighted by molar-refractivity contribution is -0.134. The number of amides is 1. The van der Waals surface area contributed by atoms with Crippen LogP contribution in [-0.2, 0) is 27.8 Å². The first-order valence-corrected chi connectivity index (χ1v) is 16.1. The molecule has 0 unspecified atom stereocenters. The first kappa shape index (κ1) is 29.4. The molecule has 45 heavy (non-hydrogen) atoms. The number of carbonyl (C=O) groups excluding carboxylic acids is 2. The Morgan fingerprint density at radius 3 is 2.67 bits per heavy atom. The largest absolute Gasteiger partial charge is 0.508 e. The SMILES string of the molecule is CC(=O)Oc1cc(O)c2c3c1O[C@H]1[C@@H](N(C)C(=O)C#Cc4ccc(C)c(C)c4)CC[C@H]4[C@@H](C2)N(CCc2ccccc2)CC[C@@]341. The summed E-state index contributed by atoms with van der Waals surface area (Å²) < 4.78 is 12.5. The number of carbonyl (C=O) groups is 2. The van der Waals surface area contributed by atoms with Crippen molar-refractivity contribution in [3.63, 3.8) is 0 Å². The number of esters is 1. The Bertz CT molecular complexity index is 1740. The minimum atomic E-state index is -0.465. The number of piperidine rings is 1. The number of hydrogen-bond donors (Lipinski definition) is 1. The number of aryl methyl sites for hydroxylation is 2. The van der Waals surface area contributed by atoms with Gasteiger partial charge in [0.1, 0.15) is 11.9 Å². The van der Waals surface area contributed by atoms with Crippen molar-refractivity contribution in [2.45, 2.75) is 76.5 Å². The number of likely N-dealkylation sites (tertiary alicyclic amines) is 1. The van der Waals surface area contributed by atoms with Gasteiger partial charge in [-0.2, -0.15) is 0 Å². The highest BCUT2D eigenvalue weighted by molar-refractivity contribution is 5.94. The van der Waals surface area contributed by atoms with Crippen molar-refractivity contribution in [1.82, 2.24) is 9.80 Å². The summed E-state index contributed by atoms with van der Waals surface area (Å²) >= 11 is 0. The molecular weight excluding hydrogens is 564 g/mol. The van der Waals surface area contributed by atoms with E-state index in [1.54, 1.807) is 4.90 Å². The van der Waals surface area contributed by atoms with E-state index in [2.05, 4.69) is 47.9 Å². The molecule has 3 aromatic rings. The average Bonchev–Trinajstić information content (AvgIpc) is 3.37. The molecule has 2 aliphatic heterocycles. The molecule has 7 nitrogen and oxygen atoms in total. The van der Waals surface area contributed by atoms with Crippen LogP contribution in [0.2, 0.25) is 0 Å². The van der Waals surface area contributed by atoms with E-state index < -0.39 is 11.4 Å². The van der Waals surface area contributed by atoms with Crippen LogP contribution in [0.1, 0.15) is 59.6 Å². The number of benzene rings is 3. The van der Waals surface area contributed by atoms with Gasteiger partial charge in [-0.3, -0.25) is 14.5 Å². The van der Waals surface area contributed by atoms with Crippen LogP contribution < -0.4 is 9.47 Å². The molecule has 4 aliphatic rings. The summed E-state index contributed by atoms with van der Waals surface area (Å²) in [7, 11) is 1.83. The Balaban J connectivity index is 1.24. The van der Waals surface area contributed by atoms with Gasteiger partial charge in [-0.15, -0.1) is 0 Å². The molecule has 7 rings (SSSR count). The lowest BCUT2D eigenvalue weighted by Gasteiger charge is -2.60. The highest BCUT2D eigenvalue weighted by Crippen LogP contribution is 2.65. The highest BCUT2D eigenvalue weighted by Gasteiger charge is 2.67. The second-order valence-electron chi connectivity index (χ2n) is 13.3. The van der Waals surface area contributed by atoms with E-state index in [1.165, 1.54) is 24.1 Å². The third-order valence-electron chi connectivity index (χ3n) is 10.9. The molecule has 5 atom stereocenters. The molecule has 1 saturated heterocycles. The number of ether oxygens (including phenoxy) is 2. The Kier molecular flexibility index (Phi) is 7.37. The average molecular weight is 605 g/mol. The number of hydrogen-bond acceptors (Lipinski definition) is 6. The first-order chi connectivity index (χ1) is 21.7. The van der Waals surface area contributed by atoms with Crippen molar-refractivity contribution in [2.24, 2.45) is 5.92 Å².